The summed E-state index contributed by atoms with van der Waals surface area (Å²) in [5.41, 5.74) is 4.38. The van der Waals surface area contributed by atoms with Gasteiger partial charge in [-0.15, -0.1) is 0 Å². The maximum atomic E-state index is 14.1. The fourth-order valence-electron chi connectivity index (χ4n) is 6.44. The van der Waals surface area contributed by atoms with Crippen molar-refractivity contribution in [2.45, 2.75) is 46.6 Å². The average Bonchev–Trinajstić information content (AvgIpc) is 3.04. The maximum absolute atomic E-state index is 14.1. The number of benzene rings is 3. The number of nitrogens with zero attached hydrogens (tertiary/aromatic N) is 2. The Morgan fingerprint density at radius 3 is 2.02 bits per heavy atom. The third-order valence-corrected chi connectivity index (χ3v) is 8.58. The smallest absolute Gasteiger partial charge is 0.278 e. The fourth-order valence-corrected chi connectivity index (χ4v) is 6.44. The first-order valence-corrected chi connectivity index (χ1v) is 16.4. The Bertz CT molecular complexity index is 1420. The summed E-state index contributed by atoms with van der Waals surface area (Å²) in [6.45, 7) is 14.5. The van der Waals surface area contributed by atoms with E-state index in [0.717, 1.165) is 66.7 Å². The lowest BCUT2D eigenvalue weighted by Gasteiger charge is -2.39. The van der Waals surface area contributed by atoms with Crippen molar-refractivity contribution in [3.8, 4) is 23.0 Å². The molecule has 0 spiro atoms. The molecule has 9 heteroatoms. The first kappa shape index (κ1) is 32.4. The van der Waals surface area contributed by atoms with Gasteiger partial charge in [-0.2, -0.15) is 0 Å². The molecule has 2 aliphatic rings. The zero-order valence-electron chi connectivity index (χ0n) is 27.1. The molecule has 0 bridgehead atoms. The van der Waals surface area contributed by atoms with Gasteiger partial charge in [-0.3, -0.25) is 4.79 Å². The van der Waals surface area contributed by atoms with Gasteiger partial charge in [-0.25, -0.2) is 4.39 Å². The normalized spacial score (nSPS) is 16.7. The van der Waals surface area contributed by atoms with Crippen molar-refractivity contribution < 1.29 is 33.0 Å². The fraction of sp³-hybridized carbons (Fsp3) is 0.472. The minimum Gasteiger partial charge on any atom is -0.490 e. The largest absolute Gasteiger partial charge is 0.490 e. The first-order valence-electron chi connectivity index (χ1n) is 16.4. The zero-order valence-corrected chi connectivity index (χ0v) is 27.1. The molecule has 1 fully saturated rings. The second-order valence-corrected chi connectivity index (χ2v) is 11.5. The molecular formula is C36H47FN3O5+. The predicted octanol–water partition coefficient (Wildman–Crippen LogP) is 4.49. The van der Waals surface area contributed by atoms with Crippen LogP contribution < -0.4 is 28.7 Å². The van der Waals surface area contributed by atoms with Gasteiger partial charge in [-0.05, 0) is 106 Å². The number of ether oxygens (including phenoxy) is 4. The predicted molar refractivity (Wildman–Crippen MR) is 174 cm³/mol. The van der Waals surface area contributed by atoms with Crippen molar-refractivity contribution in [2.75, 3.05) is 70.6 Å². The second kappa shape index (κ2) is 15.3. The van der Waals surface area contributed by atoms with Gasteiger partial charge >= 0.3 is 0 Å². The van der Waals surface area contributed by atoms with Crippen LogP contribution in [0.5, 0.6) is 23.0 Å². The number of rotatable bonds is 13. The Hall–Kier alpha value is -3.98. The highest BCUT2D eigenvalue weighted by Crippen LogP contribution is 2.40. The van der Waals surface area contributed by atoms with Crippen LogP contribution in [-0.4, -0.2) is 76.5 Å². The molecule has 0 aliphatic carbocycles. The lowest BCUT2D eigenvalue weighted by molar-refractivity contribution is -0.892. The van der Waals surface area contributed by atoms with Gasteiger partial charge in [-0.1, -0.05) is 6.07 Å². The highest BCUT2D eigenvalue weighted by Gasteiger charge is 2.35. The van der Waals surface area contributed by atoms with Gasteiger partial charge in [0.25, 0.3) is 5.91 Å². The van der Waals surface area contributed by atoms with Gasteiger partial charge in [0.2, 0.25) is 0 Å². The molecule has 3 aromatic rings. The number of hydrogen-bond acceptors (Lipinski definition) is 6. The molecule has 0 aromatic heterocycles. The summed E-state index contributed by atoms with van der Waals surface area (Å²) in [6.07, 6.45) is 1.39. The minimum atomic E-state index is -0.229. The second-order valence-electron chi connectivity index (χ2n) is 11.5. The quantitative estimate of drug-likeness (QED) is 0.304. The highest BCUT2D eigenvalue weighted by atomic mass is 19.1. The molecule has 8 nitrogen and oxygen atoms in total. The number of carbonyl (C=O) groups is 1. The molecule has 1 unspecified atom stereocenters. The number of halogens is 1. The number of anilines is 1. The molecule has 3 aromatic carbocycles. The Labute approximate surface area is 266 Å². The van der Waals surface area contributed by atoms with Crippen molar-refractivity contribution in [1.82, 2.24) is 4.90 Å². The van der Waals surface area contributed by atoms with E-state index in [4.69, 9.17) is 18.9 Å². The van der Waals surface area contributed by atoms with Crippen LogP contribution in [0, 0.1) is 5.82 Å². The summed E-state index contributed by atoms with van der Waals surface area (Å²) >= 11 is 0. The van der Waals surface area contributed by atoms with Crippen LogP contribution in [0.4, 0.5) is 10.1 Å². The number of piperazine rings is 1. The minimum absolute atomic E-state index is 0.152. The third-order valence-electron chi connectivity index (χ3n) is 8.58. The summed E-state index contributed by atoms with van der Waals surface area (Å²) in [5, 5.41) is 0. The third kappa shape index (κ3) is 7.82. The van der Waals surface area contributed by atoms with E-state index >= 15 is 0 Å². The highest BCUT2D eigenvalue weighted by molar-refractivity contribution is 5.78. The lowest BCUT2D eigenvalue weighted by Crippen LogP contribution is -3.16. The van der Waals surface area contributed by atoms with Crippen LogP contribution in [0.3, 0.4) is 0 Å². The molecular weight excluding hydrogens is 573 g/mol. The summed E-state index contributed by atoms with van der Waals surface area (Å²) in [5.74, 6) is 2.83. The van der Waals surface area contributed by atoms with Crippen LogP contribution >= 0.6 is 0 Å². The monoisotopic (exact) mass is 620 g/mol. The number of amides is 1. The van der Waals surface area contributed by atoms with E-state index in [1.165, 1.54) is 22.6 Å². The molecule has 2 aliphatic heterocycles. The summed E-state index contributed by atoms with van der Waals surface area (Å²) in [7, 11) is 0. The number of quaternary nitrogens is 1. The number of hydrogen-bond donors (Lipinski definition) is 1. The van der Waals surface area contributed by atoms with Gasteiger partial charge in [0.15, 0.2) is 29.5 Å². The van der Waals surface area contributed by atoms with Crippen LogP contribution in [0.25, 0.3) is 0 Å². The zero-order chi connectivity index (χ0) is 31.8. The molecule has 5 rings (SSSR count). The van der Waals surface area contributed by atoms with E-state index in [-0.39, 0.29) is 17.8 Å². The summed E-state index contributed by atoms with van der Waals surface area (Å²) in [6, 6.07) is 16.8. The molecule has 242 valence electrons. The van der Waals surface area contributed by atoms with Gasteiger partial charge in [0, 0.05) is 12.2 Å². The molecule has 1 saturated heterocycles. The standard InChI is InChI=1S/C36H46FN3O5/c1-5-42-32-14-9-26(22-33(32)43-6-2)21-31-30-24-35(45-8-4)34(44-7-3)23-27(30)15-16-40(31)36(41)25-38-17-19-39(20-18-38)29-12-10-28(37)11-13-29/h9-14,22-24,31H,5-8,15-21,25H2,1-4H3/p+1. The van der Waals surface area contributed by atoms with Crippen LogP contribution in [0.15, 0.2) is 54.6 Å². The first-order chi connectivity index (χ1) is 21.9. The molecule has 1 amide bonds. The molecule has 1 N–H and O–H groups in total. The van der Waals surface area contributed by atoms with Crippen molar-refractivity contribution in [3.05, 3.63) is 77.1 Å². The van der Waals surface area contributed by atoms with E-state index < -0.39 is 0 Å². The Morgan fingerprint density at radius 2 is 1.38 bits per heavy atom. The van der Waals surface area contributed by atoms with Gasteiger partial charge < -0.3 is 33.6 Å². The van der Waals surface area contributed by atoms with Crippen molar-refractivity contribution >= 4 is 11.6 Å². The molecule has 45 heavy (non-hydrogen) atoms. The van der Waals surface area contributed by atoms with E-state index in [1.54, 1.807) is 0 Å². The number of carbonyl (C=O) groups excluding carboxylic acids is 1. The Kier molecular flexibility index (Phi) is 11.1. The SMILES string of the molecule is CCOc1ccc(CC2c3cc(OCC)c(OCC)cc3CCN2C(=O)C[NH+]2CCN(c3ccc(F)cc3)CC2)cc1OCC. The summed E-state index contributed by atoms with van der Waals surface area (Å²) in [4.78, 5) is 19.7. The Morgan fingerprint density at radius 1 is 0.778 bits per heavy atom. The lowest BCUT2D eigenvalue weighted by atomic mass is 9.88. The molecule has 0 saturated carbocycles. The number of fused-ring (bicyclic) bond motifs is 1. The van der Waals surface area contributed by atoms with Gasteiger partial charge in [0.1, 0.15) is 5.82 Å². The summed E-state index contributed by atoms with van der Waals surface area (Å²) < 4.78 is 37.1. The van der Waals surface area contributed by atoms with E-state index in [1.807, 2.05) is 52.0 Å². The Balaban J connectivity index is 1.39. The van der Waals surface area contributed by atoms with E-state index in [2.05, 4.69) is 28.0 Å². The van der Waals surface area contributed by atoms with Crippen LogP contribution in [0.1, 0.15) is 50.4 Å². The van der Waals surface area contributed by atoms with Crippen molar-refractivity contribution in [3.63, 3.8) is 0 Å². The van der Waals surface area contributed by atoms with Crippen molar-refractivity contribution in [1.29, 1.82) is 0 Å². The number of nitrogens with one attached hydrogen (secondary N) is 1. The molecule has 0 radical (unpaired) electrons. The maximum Gasteiger partial charge on any atom is 0.278 e. The van der Waals surface area contributed by atoms with Crippen LogP contribution in [-0.2, 0) is 17.6 Å². The van der Waals surface area contributed by atoms with Crippen LogP contribution in [0.2, 0.25) is 0 Å². The van der Waals surface area contributed by atoms with Gasteiger partial charge in [0.05, 0.1) is 58.6 Å². The van der Waals surface area contributed by atoms with E-state index in [9.17, 15) is 9.18 Å². The molecule has 1 atom stereocenters. The average molecular weight is 621 g/mol. The van der Waals surface area contributed by atoms with Crippen molar-refractivity contribution in [2.24, 2.45) is 0 Å². The van der Waals surface area contributed by atoms with E-state index in [0.29, 0.717) is 51.7 Å². The molecule has 2 heterocycles. The topological polar surface area (TPSA) is 64.9 Å².